The topological polar surface area (TPSA) is 155 Å². The highest BCUT2D eigenvalue weighted by molar-refractivity contribution is 7.89. The molecule has 0 fully saturated rings. The van der Waals surface area contributed by atoms with Crippen LogP contribution in [0.3, 0.4) is 0 Å². The largest absolute Gasteiger partial charge is 0.471 e. The van der Waals surface area contributed by atoms with Gasteiger partial charge in [-0.3, -0.25) is 4.68 Å². The van der Waals surface area contributed by atoms with E-state index >= 15 is 0 Å². The Balaban J connectivity index is 1.44. The van der Waals surface area contributed by atoms with Crippen LogP contribution in [0.15, 0.2) is 58.2 Å². The van der Waals surface area contributed by atoms with Crippen LogP contribution in [0.5, 0.6) is 5.88 Å². The highest BCUT2D eigenvalue weighted by Gasteiger charge is 2.22. The lowest BCUT2D eigenvalue weighted by atomic mass is 10.2. The standard InChI is InChI=1S/C26H30FN7O6S/c1-26(2,3)39-25(35)33(4)12-11-30-41(36,37)19-8-6-7-17(13-19)23-31-24(40-32-23)20-15-29-34(5)21(20)16-38-22-10-9-18(27)14-28-22/h6-10,13-15,30H,11-12,16H2,1-5H3. The molecule has 0 saturated heterocycles. The van der Waals surface area contributed by atoms with Gasteiger partial charge in [0.2, 0.25) is 21.7 Å². The third-order valence-electron chi connectivity index (χ3n) is 5.62. The summed E-state index contributed by atoms with van der Waals surface area (Å²) >= 11 is 0. The van der Waals surface area contributed by atoms with Crippen LogP contribution in [0.25, 0.3) is 22.8 Å². The second-order valence-electron chi connectivity index (χ2n) is 9.98. The Labute approximate surface area is 236 Å². The first kappa shape index (κ1) is 29.6. The lowest BCUT2D eigenvalue weighted by Gasteiger charge is -2.24. The van der Waals surface area contributed by atoms with Crippen molar-refractivity contribution in [3.8, 4) is 28.7 Å². The van der Waals surface area contributed by atoms with Gasteiger partial charge in [-0.25, -0.2) is 27.3 Å². The summed E-state index contributed by atoms with van der Waals surface area (Å²) < 4.78 is 59.4. The number of sulfonamides is 1. The van der Waals surface area contributed by atoms with Gasteiger partial charge in [0.15, 0.2) is 0 Å². The molecule has 15 heteroatoms. The molecule has 0 aliphatic rings. The lowest BCUT2D eigenvalue weighted by molar-refractivity contribution is 0.0302. The normalized spacial score (nSPS) is 11.9. The maximum Gasteiger partial charge on any atom is 0.410 e. The van der Waals surface area contributed by atoms with E-state index in [0.29, 0.717) is 16.8 Å². The zero-order chi connectivity index (χ0) is 29.8. The summed E-state index contributed by atoms with van der Waals surface area (Å²) in [7, 11) is -0.670. The van der Waals surface area contributed by atoms with E-state index in [4.69, 9.17) is 14.0 Å². The van der Waals surface area contributed by atoms with Gasteiger partial charge in [0.25, 0.3) is 5.89 Å². The zero-order valence-electron chi connectivity index (χ0n) is 23.2. The number of benzene rings is 1. The molecule has 3 heterocycles. The molecule has 0 bridgehead atoms. The van der Waals surface area contributed by atoms with Crippen LogP contribution < -0.4 is 9.46 Å². The summed E-state index contributed by atoms with van der Waals surface area (Å²) in [5.74, 6) is 0.0660. The Morgan fingerprint density at radius 1 is 1.20 bits per heavy atom. The van der Waals surface area contributed by atoms with Gasteiger partial charge < -0.3 is 18.9 Å². The molecule has 3 aromatic heterocycles. The van der Waals surface area contributed by atoms with Crippen LogP contribution in [0.4, 0.5) is 9.18 Å². The lowest BCUT2D eigenvalue weighted by Crippen LogP contribution is -2.39. The van der Waals surface area contributed by atoms with E-state index in [-0.39, 0.29) is 42.2 Å². The number of hydrogen-bond acceptors (Lipinski definition) is 10. The highest BCUT2D eigenvalue weighted by atomic mass is 32.2. The van der Waals surface area contributed by atoms with Gasteiger partial charge >= 0.3 is 6.09 Å². The van der Waals surface area contributed by atoms with Gasteiger partial charge in [0, 0.05) is 38.8 Å². The molecule has 0 spiro atoms. The number of halogens is 1. The minimum atomic E-state index is -3.91. The van der Waals surface area contributed by atoms with Gasteiger partial charge in [-0.2, -0.15) is 10.1 Å². The van der Waals surface area contributed by atoms with Gasteiger partial charge in [-0.05, 0) is 39.0 Å². The fourth-order valence-corrected chi connectivity index (χ4v) is 4.58. The van der Waals surface area contributed by atoms with E-state index in [9.17, 15) is 17.6 Å². The van der Waals surface area contributed by atoms with Crippen molar-refractivity contribution in [2.75, 3.05) is 20.1 Å². The van der Waals surface area contributed by atoms with Crippen LogP contribution >= 0.6 is 0 Å². The predicted molar refractivity (Wildman–Crippen MR) is 145 cm³/mol. The van der Waals surface area contributed by atoms with Crippen molar-refractivity contribution >= 4 is 16.1 Å². The second kappa shape index (κ2) is 12.0. The van der Waals surface area contributed by atoms with E-state index < -0.39 is 27.5 Å². The number of nitrogens with zero attached hydrogens (tertiary/aromatic N) is 6. The summed E-state index contributed by atoms with van der Waals surface area (Å²) in [6.45, 7) is 5.38. The predicted octanol–water partition coefficient (Wildman–Crippen LogP) is 3.40. The molecule has 41 heavy (non-hydrogen) atoms. The average molecular weight is 588 g/mol. The first-order valence-corrected chi connectivity index (χ1v) is 13.9. The number of likely N-dealkylation sites (N-methyl/N-ethyl adjacent to an activating group) is 1. The van der Waals surface area contributed by atoms with Gasteiger partial charge in [-0.1, -0.05) is 17.3 Å². The molecule has 0 radical (unpaired) electrons. The first-order chi connectivity index (χ1) is 19.3. The number of rotatable bonds is 10. The minimum Gasteiger partial charge on any atom is -0.471 e. The Hall–Kier alpha value is -4.37. The Morgan fingerprint density at radius 2 is 1.98 bits per heavy atom. The Morgan fingerprint density at radius 3 is 2.68 bits per heavy atom. The van der Waals surface area contributed by atoms with Crippen molar-refractivity contribution in [3.63, 3.8) is 0 Å². The molecular weight excluding hydrogens is 557 g/mol. The summed E-state index contributed by atoms with van der Waals surface area (Å²) in [5, 5.41) is 8.23. The third kappa shape index (κ3) is 7.64. The van der Waals surface area contributed by atoms with Gasteiger partial charge in [0.1, 0.15) is 18.0 Å². The van der Waals surface area contributed by atoms with Gasteiger partial charge in [-0.15, -0.1) is 0 Å². The van der Waals surface area contributed by atoms with E-state index in [1.54, 1.807) is 44.6 Å². The minimum absolute atomic E-state index is 0.0106. The molecule has 218 valence electrons. The molecule has 0 aliphatic carbocycles. The molecule has 1 N–H and O–H groups in total. The molecule has 4 aromatic rings. The van der Waals surface area contributed by atoms with Crippen LogP contribution in [0, 0.1) is 5.82 Å². The smallest absolute Gasteiger partial charge is 0.410 e. The SMILES string of the molecule is CN(CCNS(=O)(=O)c1cccc(-c2noc(-c3cnn(C)c3COc3ccc(F)cn3)n2)c1)C(=O)OC(C)(C)C. The number of hydrogen-bond donors (Lipinski definition) is 1. The number of nitrogens with one attached hydrogen (secondary N) is 1. The number of amides is 1. The average Bonchev–Trinajstić information content (AvgIpc) is 3.54. The maximum atomic E-state index is 13.1. The number of carbonyl (C=O) groups is 1. The number of aryl methyl sites for hydroxylation is 1. The van der Waals surface area contributed by atoms with Crippen LogP contribution in [0.1, 0.15) is 26.5 Å². The molecule has 4 rings (SSSR count). The maximum absolute atomic E-state index is 13.1. The van der Waals surface area contributed by atoms with Crippen LogP contribution in [-0.2, 0) is 28.4 Å². The molecule has 0 saturated carbocycles. The monoisotopic (exact) mass is 587 g/mol. The highest BCUT2D eigenvalue weighted by Crippen LogP contribution is 2.27. The fraction of sp³-hybridized carbons (Fsp3) is 0.346. The van der Waals surface area contributed by atoms with Crippen molar-refractivity contribution < 1.29 is 31.6 Å². The van der Waals surface area contributed by atoms with Crippen LogP contribution in [0.2, 0.25) is 0 Å². The third-order valence-corrected chi connectivity index (χ3v) is 7.08. The van der Waals surface area contributed by atoms with Crippen molar-refractivity contribution in [3.05, 3.63) is 60.3 Å². The summed E-state index contributed by atoms with van der Waals surface area (Å²) in [5.41, 5.74) is 0.857. The number of ether oxygens (including phenoxy) is 2. The Kier molecular flexibility index (Phi) is 8.68. The Bertz CT molecular complexity index is 1610. The number of aromatic nitrogens is 5. The molecular formula is C26H30FN7O6S. The van der Waals surface area contributed by atoms with Crippen molar-refractivity contribution in [2.24, 2.45) is 7.05 Å². The van der Waals surface area contributed by atoms with Crippen molar-refractivity contribution in [1.29, 1.82) is 0 Å². The second-order valence-corrected chi connectivity index (χ2v) is 11.7. The van der Waals surface area contributed by atoms with E-state index in [2.05, 4.69) is 24.9 Å². The molecule has 0 atom stereocenters. The summed E-state index contributed by atoms with van der Waals surface area (Å²) in [6, 6.07) is 8.71. The molecule has 0 unspecified atom stereocenters. The summed E-state index contributed by atoms with van der Waals surface area (Å²) in [6.07, 6.45) is 2.03. The zero-order valence-corrected chi connectivity index (χ0v) is 24.0. The van der Waals surface area contributed by atoms with E-state index in [1.807, 2.05) is 0 Å². The van der Waals surface area contributed by atoms with Crippen molar-refractivity contribution in [2.45, 2.75) is 37.9 Å². The quantitative estimate of drug-likeness (QED) is 0.292. The molecule has 0 aliphatic heterocycles. The summed E-state index contributed by atoms with van der Waals surface area (Å²) in [4.78, 5) is 21.7. The number of pyridine rings is 1. The van der Waals surface area contributed by atoms with Crippen molar-refractivity contribution in [1.82, 2.24) is 34.5 Å². The fourth-order valence-electron chi connectivity index (χ4n) is 3.52. The van der Waals surface area contributed by atoms with Gasteiger partial charge in [0.05, 0.1) is 28.5 Å². The first-order valence-electron chi connectivity index (χ1n) is 12.5. The van der Waals surface area contributed by atoms with E-state index in [0.717, 1.165) is 6.20 Å². The number of carbonyl (C=O) groups excluding carboxylic acids is 1. The van der Waals surface area contributed by atoms with E-state index in [1.165, 1.54) is 42.4 Å². The molecule has 1 amide bonds. The molecule has 1 aromatic carbocycles. The van der Waals surface area contributed by atoms with Crippen LogP contribution in [-0.4, -0.2) is 70.1 Å². The molecule has 13 nitrogen and oxygen atoms in total.